The Morgan fingerprint density at radius 3 is 3.00 bits per heavy atom. The highest BCUT2D eigenvalue weighted by Gasteiger charge is 2.15. The summed E-state index contributed by atoms with van der Waals surface area (Å²) in [6, 6.07) is 3.67. The molecule has 9 nitrogen and oxygen atoms in total. The van der Waals surface area contributed by atoms with E-state index in [1.54, 1.807) is 4.52 Å². The fourth-order valence-corrected chi connectivity index (χ4v) is 2.93. The van der Waals surface area contributed by atoms with Crippen molar-refractivity contribution in [2.75, 3.05) is 31.3 Å². The summed E-state index contributed by atoms with van der Waals surface area (Å²) in [4.78, 5) is 0. The van der Waals surface area contributed by atoms with Crippen LogP contribution in [0.15, 0.2) is 12.1 Å². The SMILES string of the molecule is CS(=O)(=O)NCCc1nnc2ccc(NCC3CCCO3)nn12. The summed E-state index contributed by atoms with van der Waals surface area (Å²) < 4.78 is 31.8. The molecule has 2 aromatic heterocycles. The predicted octanol–water partition coefficient (Wildman–Crippen LogP) is -0.193. The Labute approximate surface area is 134 Å². The van der Waals surface area contributed by atoms with E-state index < -0.39 is 10.0 Å². The summed E-state index contributed by atoms with van der Waals surface area (Å²) in [5, 5.41) is 15.8. The van der Waals surface area contributed by atoms with Crippen molar-refractivity contribution >= 4 is 21.5 Å². The zero-order chi connectivity index (χ0) is 16.3. The van der Waals surface area contributed by atoms with Crippen molar-refractivity contribution in [3.63, 3.8) is 0 Å². The van der Waals surface area contributed by atoms with Gasteiger partial charge in [0, 0.05) is 26.1 Å². The minimum Gasteiger partial charge on any atom is -0.376 e. The Hall–Kier alpha value is -1.78. The highest BCUT2D eigenvalue weighted by molar-refractivity contribution is 7.88. The highest BCUT2D eigenvalue weighted by atomic mass is 32.2. The fourth-order valence-electron chi connectivity index (χ4n) is 2.46. The monoisotopic (exact) mass is 340 g/mol. The number of sulfonamides is 1. The molecule has 1 fully saturated rings. The minimum absolute atomic E-state index is 0.229. The fraction of sp³-hybridized carbons (Fsp3) is 0.615. The van der Waals surface area contributed by atoms with E-state index in [9.17, 15) is 8.42 Å². The molecule has 0 amide bonds. The van der Waals surface area contributed by atoms with Crippen LogP contribution >= 0.6 is 0 Å². The molecule has 1 unspecified atom stereocenters. The van der Waals surface area contributed by atoms with E-state index in [1.807, 2.05) is 12.1 Å². The highest BCUT2D eigenvalue weighted by Crippen LogP contribution is 2.13. The van der Waals surface area contributed by atoms with Crippen molar-refractivity contribution in [2.45, 2.75) is 25.4 Å². The zero-order valence-corrected chi connectivity index (χ0v) is 13.7. The van der Waals surface area contributed by atoms with Crippen molar-refractivity contribution in [2.24, 2.45) is 0 Å². The second-order valence-corrected chi connectivity index (χ2v) is 7.37. The van der Waals surface area contributed by atoms with Gasteiger partial charge in [-0.2, -0.15) is 4.52 Å². The first-order chi connectivity index (χ1) is 11.0. The van der Waals surface area contributed by atoms with E-state index >= 15 is 0 Å². The molecular formula is C13H20N6O3S. The third-order valence-electron chi connectivity index (χ3n) is 3.58. The number of ether oxygens (including phenoxy) is 1. The topological polar surface area (TPSA) is 111 Å². The Morgan fingerprint density at radius 2 is 2.26 bits per heavy atom. The number of aromatic nitrogens is 4. The molecule has 0 aliphatic carbocycles. The lowest BCUT2D eigenvalue weighted by Crippen LogP contribution is -2.25. The van der Waals surface area contributed by atoms with Crippen molar-refractivity contribution in [1.82, 2.24) is 24.5 Å². The Balaban J connectivity index is 1.66. The molecule has 3 rings (SSSR count). The van der Waals surface area contributed by atoms with E-state index in [0.717, 1.165) is 25.7 Å². The molecule has 3 heterocycles. The maximum Gasteiger partial charge on any atom is 0.208 e. The molecule has 1 aliphatic heterocycles. The van der Waals surface area contributed by atoms with Gasteiger partial charge >= 0.3 is 0 Å². The quantitative estimate of drug-likeness (QED) is 0.718. The maximum absolute atomic E-state index is 11.1. The lowest BCUT2D eigenvalue weighted by atomic mass is 10.2. The minimum atomic E-state index is -3.21. The average molecular weight is 340 g/mol. The van der Waals surface area contributed by atoms with Gasteiger partial charge in [0.05, 0.1) is 12.4 Å². The largest absolute Gasteiger partial charge is 0.376 e. The lowest BCUT2D eigenvalue weighted by molar-refractivity contribution is 0.120. The van der Waals surface area contributed by atoms with E-state index in [2.05, 4.69) is 25.3 Å². The number of nitrogens with one attached hydrogen (secondary N) is 2. The molecule has 2 aromatic rings. The molecule has 0 saturated carbocycles. The van der Waals surface area contributed by atoms with E-state index in [-0.39, 0.29) is 12.6 Å². The van der Waals surface area contributed by atoms with Gasteiger partial charge in [-0.15, -0.1) is 15.3 Å². The van der Waals surface area contributed by atoms with Gasteiger partial charge < -0.3 is 10.1 Å². The maximum atomic E-state index is 11.1. The van der Waals surface area contributed by atoms with Gasteiger partial charge in [-0.25, -0.2) is 13.1 Å². The summed E-state index contributed by atoms with van der Waals surface area (Å²) in [6.07, 6.45) is 3.93. The lowest BCUT2D eigenvalue weighted by Gasteiger charge is -2.11. The molecule has 1 atom stereocenters. The first-order valence-corrected chi connectivity index (χ1v) is 9.42. The molecule has 1 aliphatic rings. The van der Waals surface area contributed by atoms with Crippen molar-refractivity contribution in [3.8, 4) is 0 Å². The zero-order valence-electron chi connectivity index (χ0n) is 12.9. The van der Waals surface area contributed by atoms with Crippen molar-refractivity contribution < 1.29 is 13.2 Å². The van der Waals surface area contributed by atoms with Crippen molar-refractivity contribution in [1.29, 1.82) is 0 Å². The Kier molecular flexibility index (Phi) is 4.74. The average Bonchev–Trinajstić information content (AvgIpc) is 3.13. The van der Waals surface area contributed by atoms with E-state index in [1.165, 1.54) is 0 Å². The van der Waals surface area contributed by atoms with Crippen molar-refractivity contribution in [3.05, 3.63) is 18.0 Å². The molecule has 1 saturated heterocycles. The van der Waals surface area contributed by atoms with Gasteiger partial charge in [-0.3, -0.25) is 0 Å². The number of hydrogen-bond acceptors (Lipinski definition) is 7. The number of fused-ring (bicyclic) bond motifs is 1. The standard InChI is InChI=1S/C13H20N6O3S/c1-23(20,21)15-7-6-13-17-16-12-5-4-11(18-19(12)13)14-9-10-3-2-8-22-10/h4-5,10,15H,2-3,6-9H2,1H3,(H,14,18). The Morgan fingerprint density at radius 1 is 1.39 bits per heavy atom. The van der Waals surface area contributed by atoms with Gasteiger partial charge in [0.2, 0.25) is 10.0 Å². The van der Waals surface area contributed by atoms with Crippen LogP contribution in [-0.2, 0) is 21.2 Å². The third-order valence-corrected chi connectivity index (χ3v) is 4.30. The summed E-state index contributed by atoms with van der Waals surface area (Å²) >= 11 is 0. The summed E-state index contributed by atoms with van der Waals surface area (Å²) in [5.41, 5.74) is 0.627. The third kappa shape index (κ3) is 4.36. The molecule has 0 bridgehead atoms. The molecule has 0 radical (unpaired) electrons. The van der Waals surface area contributed by atoms with Crippen LogP contribution in [0.25, 0.3) is 5.65 Å². The number of anilines is 1. The van der Waals surface area contributed by atoms with Crippen LogP contribution in [0, 0.1) is 0 Å². The predicted molar refractivity (Wildman–Crippen MR) is 84.8 cm³/mol. The Bertz CT molecular complexity index is 769. The number of nitrogens with zero attached hydrogens (tertiary/aromatic N) is 4. The normalized spacial score (nSPS) is 18.6. The first kappa shape index (κ1) is 16.1. The molecule has 0 spiro atoms. The molecule has 2 N–H and O–H groups in total. The van der Waals surface area contributed by atoms with Gasteiger partial charge in [0.25, 0.3) is 0 Å². The van der Waals surface area contributed by atoms with Gasteiger partial charge in [0.1, 0.15) is 5.82 Å². The van der Waals surface area contributed by atoms with Crippen LogP contribution in [0.3, 0.4) is 0 Å². The smallest absolute Gasteiger partial charge is 0.208 e. The van der Waals surface area contributed by atoms with Crippen LogP contribution in [0.4, 0.5) is 5.82 Å². The molecular weight excluding hydrogens is 320 g/mol. The van der Waals surface area contributed by atoms with E-state index in [4.69, 9.17) is 4.74 Å². The summed E-state index contributed by atoms with van der Waals surface area (Å²) in [5.74, 6) is 1.32. The molecule has 126 valence electrons. The number of rotatable bonds is 7. The molecule has 23 heavy (non-hydrogen) atoms. The van der Waals surface area contributed by atoms with Crippen LogP contribution < -0.4 is 10.0 Å². The van der Waals surface area contributed by atoms with Gasteiger partial charge in [0.15, 0.2) is 11.5 Å². The molecule has 0 aromatic carbocycles. The van der Waals surface area contributed by atoms with Gasteiger partial charge in [-0.05, 0) is 25.0 Å². The van der Waals surface area contributed by atoms with Crippen LogP contribution in [0.1, 0.15) is 18.7 Å². The first-order valence-electron chi connectivity index (χ1n) is 7.53. The van der Waals surface area contributed by atoms with Crippen LogP contribution in [-0.4, -0.2) is 60.3 Å². The van der Waals surface area contributed by atoms with E-state index in [0.29, 0.717) is 30.3 Å². The van der Waals surface area contributed by atoms with Crippen LogP contribution in [0.5, 0.6) is 0 Å². The van der Waals surface area contributed by atoms with Gasteiger partial charge in [-0.1, -0.05) is 0 Å². The van der Waals surface area contributed by atoms with Crippen LogP contribution in [0.2, 0.25) is 0 Å². The molecule has 10 heteroatoms. The summed E-state index contributed by atoms with van der Waals surface area (Å²) in [6.45, 7) is 1.79. The number of hydrogen-bond donors (Lipinski definition) is 2. The second-order valence-electron chi connectivity index (χ2n) is 5.54. The summed E-state index contributed by atoms with van der Waals surface area (Å²) in [7, 11) is -3.21. The second kappa shape index (κ2) is 6.77.